The largest absolute Gasteiger partial charge is 0.350 e. The molecule has 3 aromatic heterocycles. The minimum atomic E-state index is -1.12. The van der Waals surface area contributed by atoms with Crippen molar-refractivity contribution in [3.05, 3.63) is 53.2 Å². The molecule has 0 radical (unpaired) electrons. The Morgan fingerprint density at radius 2 is 2.00 bits per heavy atom. The van der Waals surface area contributed by atoms with Crippen LogP contribution in [-0.4, -0.2) is 43.7 Å². The minimum absolute atomic E-state index is 0.0638. The van der Waals surface area contributed by atoms with E-state index in [1.54, 1.807) is 17.1 Å². The van der Waals surface area contributed by atoms with E-state index in [0.717, 1.165) is 11.6 Å². The molecule has 0 aliphatic carbocycles. The number of aryl methyl sites for hydroxylation is 1. The number of hydrogen-bond acceptors (Lipinski definition) is 7. The molecule has 168 valence electrons. The maximum absolute atomic E-state index is 13.3. The van der Waals surface area contributed by atoms with Crippen LogP contribution in [0.2, 0.25) is 0 Å². The number of nitrogens with one attached hydrogen (secondary N) is 2. The van der Waals surface area contributed by atoms with Gasteiger partial charge in [0.15, 0.2) is 11.6 Å². The van der Waals surface area contributed by atoms with Crippen LogP contribution in [0, 0.1) is 24.6 Å². The number of anilines is 3. The standard InChI is InChI=1S/C21H24F2N8O/c1-11(2)17-20(32)28-16-12(3)27-21(29-19(16)30(17)4)25-7-14-8-26-31(10-14)9-13-5-15(22)18(23)24-6-13/h5-6,8,10-11,17H,7,9H2,1-4H3,(H,28,32)(H,25,27,29)/t17-/m0/s1. The molecule has 0 unspecified atom stereocenters. The smallest absolute Gasteiger partial charge is 0.248 e. The number of fused-ring (bicyclic) bond motifs is 1. The fraction of sp³-hybridized carbons (Fsp3) is 0.381. The molecule has 1 aliphatic rings. The van der Waals surface area contributed by atoms with Crippen molar-refractivity contribution < 1.29 is 13.6 Å². The third-order valence-electron chi connectivity index (χ3n) is 5.31. The van der Waals surface area contributed by atoms with Crippen molar-refractivity contribution in [1.29, 1.82) is 0 Å². The fourth-order valence-corrected chi connectivity index (χ4v) is 3.79. The van der Waals surface area contributed by atoms with Crippen molar-refractivity contribution in [3.8, 4) is 0 Å². The maximum Gasteiger partial charge on any atom is 0.248 e. The topological polar surface area (TPSA) is 101 Å². The lowest BCUT2D eigenvalue weighted by atomic mass is 9.99. The number of amides is 1. The van der Waals surface area contributed by atoms with Crippen LogP contribution < -0.4 is 15.5 Å². The SMILES string of the molecule is Cc1nc(NCc2cnn(Cc3cnc(F)c(F)c3)c2)nc2c1NC(=O)[C@H](C(C)C)N2C. The molecule has 1 aliphatic heterocycles. The van der Waals surface area contributed by atoms with Crippen molar-refractivity contribution >= 4 is 23.4 Å². The van der Waals surface area contributed by atoms with E-state index in [2.05, 4.69) is 30.7 Å². The first-order chi connectivity index (χ1) is 15.2. The van der Waals surface area contributed by atoms with Gasteiger partial charge in [-0.3, -0.25) is 9.48 Å². The first-order valence-electron chi connectivity index (χ1n) is 10.2. The van der Waals surface area contributed by atoms with Gasteiger partial charge in [0.2, 0.25) is 17.8 Å². The van der Waals surface area contributed by atoms with Crippen molar-refractivity contribution in [2.45, 2.75) is 39.9 Å². The van der Waals surface area contributed by atoms with Crippen molar-refractivity contribution in [2.75, 3.05) is 22.6 Å². The molecule has 9 nitrogen and oxygen atoms in total. The van der Waals surface area contributed by atoms with E-state index in [0.29, 0.717) is 35.3 Å². The molecule has 0 spiro atoms. The molecule has 0 saturated carbocycles. The molecule has 3 aromatic rings. The lowest BCUT2D eigenvalue weighted by Crippen LogP contribution is -2.49. The predicted octanol–water partition coefficient (Wildman–Crippen LogP) is 2.73. The Balaban J connectivity index is 1.46. The molecule has 0 aromatic carbocycles. The number of carbonyl (C=O) groups is 1. The van der Waals surface area contributed by atoms with Gasteiger partial charge in [0.05, 0.1) is 18.4 Å². The van der Waals surface area contributed by atoms with Crippen molar-refractivity contribution in [2.24, 2.45) is 5.92 Å². The van der Waals surface area contributed by atoms with Gasteiger partial charge in [-0.05, 0) is 24.5 Å². The van der Waals surface area contributed by atoms with Crippen LogP contribution in [0.3, 0.4) is 0 Å². The Bertz CT molecular complexity index is 1160. The Morgan fingerprint density at radius 3 is 2.72 bits per heavy atom. The zero-order chi connectivity index (χ0) is 23.0. The average Bonchev–Trinajstić information content (AvgIpc) is 3.17. The molecule has 4 heterocycles. The number of pyridine rings is 1. The predicted molar refractivity (Wildman–Crippen MR) is 115 cm³/mol. The summed E-state index contributed by atoms with van der Waals surface area (Å²) in [6, 6.07) is 0.791. The van der Waals surface area contributed by atoms with Gasteiger partial charge in [0, 0.05) is 31.5 Å². The molecule has 32 heavy (non-hydrogen) atoms. The van der Waals surface area contributed by atoms with E-state index in [4.69, 9.17) is 0 Å². The summed E-state index contributed by atoms with van der Waals surface area (Å²) in [6.45, 7) is 6.49. The second-order valence-electron chi connectivity index (χ2n) is 8.14. The molecular formula is C21H24F2N8O. The monoisotopic (exact) mass is 442 g/mol. The highest BCUT2D eigenvalue weighted by Gasteiger charge is 2.35. The molecule has 1 amide bonds. The van der Waals surface area contributed by atoms with E-state index >= 15 is 0 Å². The van der Waals surface area contributed by atoms with Crippen molar-refractivity contribution in [1.82, 2.24) is 24.7 Å². The average molecular weight is 442 g/mol. The van der Waals surface area contributed by atoms with E-state index in [-0.39, 0.29) is 24.4 Å². The van der Waals surface area contributed by atoms with E-state index in [1.165, 1.54) is 6.20 Å². The Hall–Kier alpha value is -3.63. The minimum Gasteiger partial charge on any atom is -0.350 e. The molecule has 1 atom stereocenters. The first kappa shape index (κ1) is 21.6. The fourth-order valence-electron chi connectivity index (χ4n) is 3.79. The van der Waals surface area contributed by atoms with Crippen LogP contribution in [0.15, 0.2) is 24.7 Å². The van der Waals surface area contributed by atoms with Crippen LogP contribution in [0.5, 0.6) is 0 Å². The lowest BCUT2D eigenvalue weighted by Gasteiger charge is -2.36. The highest BCUT2D eigenvalue weighted by atomic mass is 19.2. The van der Waals surface area contributed by atoms with Crippen LogP contribution in [0.4, 0.5) is 26.2 Å². The zero-order valence-corrected chi connectivity index (χ0v) is 18.2. The number of hydrogen-bond donors (Lipinski definition) is 2. The van der Waals surface area contributed by atoms with Crippen molar-refractivity contribution in [3.63, 3.8) is 0 Å². The summed E-state index contributed by atoms with van der Waals surface area (Å²) in [5.41, 5.74) is 2.65. The number of rotatable bonds is 6. The number of halogens is 2. The second-order valence-corrected chi connectivity index (χ2v) is 8.14. The number of aromatic nitrogens is 5. The molecule has 4 rings (SSSR count). The van der Waals surface area contributed by atoms with Gasteiger partial charge in [-0.15, -0.1) is 0 Å². The summed E-state index contributed by atoms with van der Waals surface area (Å²) in [4.78, 5) is 26.8. The summed E-state index contributed by atoms with van der Waals surface area (Å²) in [5, 5.41) is 10.4. The van der Waals surface area contributed by atoms with Gasteiger partial charge in [-0.1, -0.05) is 13.8 Å². The number of carbonyl (C=O) groups excluding carboxylic acids is 1. The molecule has 0 fully saturated rings. The van der Waals surface area contributed by atoms with Gasteiger partial charge in [0.1, 0.15) is 11.7 Å². The van der Waals surface area contributed by atoms with Crippen LogP contribution >= 0.6 is 0 Å². The van der Waals surface area contributed by atoms with Gasteiger partial charge >= 0.3 is 0 Å². The third kappa shape index (κ3) is 4.23. The lowest BCUT2D eigenvalue weighted by molar-refractivity contribution is -0.118. The molecule has 0 bridgehead atoms. The van der Waals surface area contributed by atoms with E-state index in [1.807, 2.05) is 32.7 Å². The zero-order valence-electron chi connectivity index (χ0n) is 18.2. The second kappa shape index (κ2) is 8.48. The molecule has 11 heteroatoms. The van der Waals surface area contributed by atoms with Gasteiger partial charge in [-0.25, -0.2) is 14.4 Å². The summed E-state index contributed by atoms with van der Waals surface area (Å²) < 4.78 is 27.9. The van der Waals surface area contributed by atoms with Crippen LogP contribution in [0.1, 0.15) is 30.7 Å². The summed E-state index contributed by atoms with van der Waals surface area (Å²) >= 11 is 0. The highest BCUT2D eigenvalue weighted by molar-refractivity contribution is 6.03. The molecule has 0 saturated heterocycles. The maximum atomic E-state index is 13.3. The Kier molecular flexibility index (Phi) is 5.72. The molecule has 2 N–H and O–H groups in total. The summed E-state index contributed by atoms with van der Waals surface area (Å²) in [6.07, 6.45) is 4.74. The summed E-state index contributed by atoms with van der Waals surface area (Å²) in [7, 11) is 1.86. The normalized spacial score (nSPS) is 15.7. The van der Waals surface area contributed by atoms with E-state index < -0.39 is 11.8 Å². The highest BCUT2D eigenvalue weighted by Crippen LogP contribution is 2.34. The Labute approximate surface area is 183 Å². The van der Waals surface area contributed by atoms with Gasteiger partial charge < -0.3 is 15.5 Å². The quantitative estimate of drug-likeness (QED) is 0.566. The third-order valence-corrected chi connectivity index (χ3v) is 5.31. The first-order valence-corrected chi connectivity index (χ1v) is 10.2. The number of nitrogens with zero attached hydrogens (tertiary/aromatic N) is 6. The van der Waals surface area contributed by atoms with Crippen LogP contribution in [0.25, 0.3) is 0 Å². The van der Waals surface area contributed by atoms with E-state index in [9.17, 15) is 13.6 Å². The molecular weight excluding hydrogens is 418 g/mol. The number of likely N-dealkylation sites (N-methyl/N-ethyl adjacent to an activating group) is 1. The summed E-state index contributed by atoms with van der Waals surface area (Å²) in [5.74, 6) is -0.952. The van der Waals surface area contributed by atoms with Crippen LogP contribution in [-0.2, 0) is 17.9 Å². The van der Waals surface area contributed by atoms with Gasteiger partial charge in [0.25, 0.3) is 0 Å². The van der Waals surface area contributed by atoms with Gasteiger partial charge in [-0.2, -0.15) is 14.5 Å². The Morgan fingerprint density at radius 1 is 1.22 bits per heavy atom.